The first kappa shape index (κ1) is 14.6. The molecule has 0 aliphatic heterocycles. The van der Waals surface area contributed by atoms with Crippen LogP contribution in [0.2, 0.25) is 0 Å². The van der Waals surface area contributed by atoms with Gasteiger partial charge in [-0.3, -0.25) is 4.68 Å². The van der Waals surface area contributed by atoms with Gasteiger partial charge in [-0.15, -0.1) is 0 Å². The van der Waals surface area contributed by atoms with Crippen LogP contribution in [0.4, 0.5) is 0 Å². The smallest absolute Gasteiger partial charge is 0.130 e. The van der Waals surface area contributed by atoms with Gasteiger partial charge in [-0.05, 0) is 44.9 Å². The van der Waals surface area contributed by atoms with Crippen LogP contribution >= 0.6 is 0 Å². The zero-order valence-corrected chi connectivity index (χ0v) is 12.7. The maximum Gasteiger partial charge on any atom is 0.130 e. The van der Waals surface area contributed by atoms with Crippen LogP contribution in [0.3, 0.4) is 0 Å². The normalized spacial score (nSPS) is 12.4. The van der Waals surface area contributed by atoms with Crippen molar-refractivity contribution in [2.45, 2.75) is 39.8 Å². The van der Waals surface area contributed by atoms with E-state index in [1.165, 1.54) is 11.1 Å². The van der Waals surface area contributed by atoms with Gasteiger partial charge in [0.1, 0.15) is 12.4 Å². The molecule has 4 nitrogen and oxygen atoms in total. The number of benzene rings is 1. The van der Waals surface area contributed by atoms with Crippen molar-refractivity contribution in [2.75, 3.05) is 0 Å². The third kappa shape index (κ3) is 3.61. The highest BCUT2D eigenvalue weighted by molar-refractivity contribution is 5.37. The van der Waals surface area contributed by atoms with Gasteiger partial charge in [0.05, 0.1) is 11.4 Å². The van der Waals surface area contributed by atoms with E-state index in [4.69, 9.17) is 10.5 Å². The minimum Gasteiger partial charge on any atom is -0.487 e. The maximum atomic E-state index is 5.96. The second-order valence-electron chi connectivity index (χ2n) is 5.48. The lowest BCUT2D eigenvalue weighted by Crippen LogP contribution is -2.18. The summed E-state index contributed by atoms with van der Waals surface area (Å²) in [4.78, 5) is 0. The van der Waals surface area contributed by atoms with Crippen molar-refractivity contribution in [3.05, 3.63) is 46.8 Å². The third-order valence-corrected chi connectivity index (χ3v) is 3.23. The predicted molar refractivity (Wildman–Crippen MR) is 80.8 cm³/mol. The van der Waals surface area contributed by atoms with Gasteiger partial charge >= 0.3 is 0 Å². The van der Waals surface area contributed by atoms with E-state index in [9.17, 15) is 0 Å². The van der Waals surface area contributed by atoms with Crippen LogP contribution < -0.4 is 10.5 Å². The zero-order chi connectivity index (χ0) is 14.7. The van der Waals surface area contributed by atoms with E-state index < -0.39 is 0 Å². The summed E-state index contributed by atoms with van der Waals surface area (Å²) in [7, 11) is 1.93. The molecule has 20 heavy (non-hydrogen) atoms. The summed E-state index contributed by atoms with van der Waals surface area (Å²) < 4.78 is 7.81. The third-order valence-electron chi connectivity index (χ3n) is 3.23. The molecule has 0 spiro atoms. The van der Waals surface area contributed by atoms with E-state index in [2.05, 4.69) is 24.2 Å². The van der Waals surface area contributed by atoms with Crippen LogP contribution in [-0.2, 0) is 20.1 Å². The number of ether oxygens (including phenoxy) is 1. The molecule has 0 aliphatic rings. The molecule has 0 bridgehead atoms. The average Bonchev–Trinajstić information content (AvgIpc) is 2.66. The van der Waals surface area contributed by atoms with Crippen molar-refractivity contribution in [3.8, 4) is 5.75 Å². The van der Waals surface area contributed by atoms with Gasteiger partial charge in [0.15, 0.2) is 0 Å². The Morgan fingerprint density at radius 1 is 1.30 bits per heavy atom. The van der Waals surface area contributed by atoms with Crippen LogP contribution in [0.1, 0.15) is 29.4 Å². The van der Waals surface area contributed by atoms with Gasteiger partial charge in [-0.25, -0.2) is 0 Å². The fraction of sp³-hybridized carbons (Fsp3) is 0.438. The molecule has 0 amide bonds. The van der Waals surface area contributed by atoms with Crippen molar-refractivity contribution in [3.63, 3.8) is 0 Å². The number of rotatable bonds is 5. The molecule has 1 heterocycles. The van der Waals surface area contributed by atoms with Gasteiger partial charge in [0.25, 0.3) is 0 Å². The molecular formula is C16H23N3O. The van der Waals surface area contributed by atoms with Crippen LogP contribution in [0.25, 0.3) is 0 Å². The molecule has 1 unspecified atom stereocenters. The Labute approximate surface area is 120 Å². The highest BCUT2D eigenvalue weighted by Crippen LogP contribution is 2.22. The second kappa shape index (κ2) is 6.09. The summed E-state index contributed by atoms with van der Waals surface area (Å²) in [6.45, 7) is 6.60. The number of aromatic nitrogens is 2. The molecule has 0 saturated heterocycles. The Morgan fingerprint density at radius 3 is 2.65 bits per heavy atom. The topological polar surface area (TPSA) is 53.1 Å². The largest absolute Gasteiger partial charge is 0.487 e. The molecule has 2 aromatic rings. The number of nitrogens with zero attached hydrogens (tertiary/aromatic N) is 2. The molecular weight excluding hydrogens is 250 g/mol. The predicted octanol–water partition coefficient (Wildman–Crippen LogP) is 2.51. The first-order valence-corrected chi connectivity index (χ1v) is 6.93. The minimum absolute atomic E-state index is 0.123. The van der Waals surface area contributed by atoms with E-state index >= 15 is 0 Å². The number of aryl methyl sites for hydroxylation is 3. The average molecular weight is 273 g/mol. The molecule has 4 heteroatoms. The Kier molecular flexibility index (Phi) is 4.45. The summed E-state index contributed by atoms with van der Waals surface area (Å²) in [5.74, 6) is 0.909. The van der Waals surface area contributed by atoms with Crippen molar-refractivity contribution in [1.29, 1.82) is 0 Å². The Morgan fingerprint density at radius 2 is 2.05 bits per heavy atom. The van der Waals surface area contributed by atoms with Crippen LogP contribution in [0, 0.1) is 13.8 Å². The van der Waals surface area contributed by atoms with E-state index in [1.54, 1.807) is 0 Å². The van der Waals surface area contributed by atoms with Gasteiger partial charge in [0, 0.05) is 13.1 Å². The van der Waals surface area contributed by atoms with Crippen LogP contribution in [-0.4, -0.2) is 15.8 Å². The number of hydrogen-bond donors (Lipinski definition) is 1. The van der Waals surface area contributed by atoms with Gasteiger partial charge in [-0.2, -0.15) is 5.10 Å². The van der Waals surface area contributed by atoms with Crippen LogP contribution in [0.15, 0.2) is 24.3 Å². The molecule has 1 aromatic carbocycles. The standard InChI is InChI=1S/C16H23N3O/c1-11-5-6-16(14(7-11)8-12(2)17)20-10-15-9-13(3)18-19(15)4/h5-7,9,12H,8,10,17H2,1-4H3. The lowest BCUT2D eigenvalue weighted by molar-refractivity contribution is 0.291. The van der Waals surface area contributed by atoms with Crippen LogP contribution in [0.5, 0.6) is 5.75 Å². The molecule has 2 rings (SSSR count). The Bertz CT molecular complexity index is 587. The molecule has 0 saturated carbocycles. The highest BCUT2D eigenvalue weighted by Gasteiger charge is 2.09. The SMILES string of the molecule is Cc1ccc(OCc2cc(C)nn2C)c(CC(C)N)c1. The number of hydrogen-bond acceptors (Lipinski definition) is 3. The summed E-state index contributed by atoms with van der Waals surface area (Å²) >= 11 is 0. The molecule has 0 radical (unpaired) electrons. The molecule has 0 fully saturated rings. The van der Waals surface area contributed by atoms with E-state index in [0.717, 1.165) is 23.6 Å². The summed E-state index contributed by atoms with van der Waals surface area (Å²) in [6, 6.07) is 8.40. The molecule has 108 valence electrons. The fourth-order valence-corrected chi connectivity index (χ4v) is 2.31. The Hall–Kier alpha value is -1.81. The van der Waals surface area contributed by atoms with Crippen molar-refractivity contribution in [1.82, 2.24) is 9.78 Å². The maximum absolute atomic E-state index is 5.96. The molecule has 1 atom stereocenters. The van der Waals surface area contributed by atoms with Gasteiger partial charge in [-0.1, -0.05) is 17.7 Å². The minimum atomic E-state index is 0.123. The molecule has 2 N–H and O–H groups in total. The van der Waals surface area contributed by atoms with E-state index in [0.29, 0.717) is 6.61 Å². The van der Waals surface area contributed by atoms with E-state index in [1.807, 2.05) is 37.7 Å². The zero-order valence-electron chi connectivity index (χ0n) is 12.7. The van der Waals surface area contributed by atoms with E-state index in [-0.39, 0.29) is 6.04 Å². The van der Waals surface area contributed by atoms with Gasteiger partial charge < -0.3 is 10.5 Å². The highest BCUT2D eigenvalue weighted by atomic mass is 16.5. The first-order chi connectivity index (χ1) is 9.45. The monoisotopic (exact) mass is 273 g/mol. The van der Waals surface area contributed by atoms with Crippen molar-refractivity contribution in [2.24, 2.45) is 12.8 Å². The second-order valence-corrected chi connectivity index (χ2v) is 5.48. The molecule has 0 aliphatic carbocycles. The summed E-state index contributed by atoms with van der Waals surface area (Å²) in [5, 5.41) is 4.32. The number of nitrogens with two attached hydrogens (primary N) is 1. The Balaban J connectivity index is 2.14. The molecule has 1 aromatic heterocycles. The van der Waals surface area contributed by atoms with Gasteiger partial charge in [0.2, 0.25) is 0 Å². The van der Waals surface area contributed by atoms with Crippen molar-refractivity contribution < 1.29 is 4.74 Å². The summed E-state index contributed by atoms with van der Waals surface area (Å²) in [6.07, 6.45) is 0.821. The summed E-state index contributed by atoms with van der Waals surface area (Å²) in [5.41, 5.74) is 10.4. The lowest BCUT2D eigenvalue weighted by atomic mass is 10.0. The quantitative estimate of drug-likeness (QED) is 0.910. The lowest BCUT2D eigenvalue weighted by Gasteiger charge is -2.14. The fourth-order valence-electron chi connectivity index (χ4n) is 2.31. The first-order valence-electron chi connectivity index (χ1n) is 6.93. The van der Waals surface area contributed by atoms with Crippen molar-refractivity contribution >= 4 is 0 Å².